The number of sulfonamides is 1. The van der Waals surface area contributed by atoms with E-state index in [2.05, 4.69) is 0 Å². The summed E-state index contributed by atoms with van der Waals surface area (Å²) in [6, 6.07) is 13.0. The summed E-state index contributed by atoms with van der Waals surface area (Å²) < 4.78 is 32.7. The average molecular weight is 472 g/mol. The number of carbonyl (C=O) groups excluding carboxylic acids is 1. The Morgan fingerprint density at radius 3 is 2.81 bits per heavy atom. The van der Waals surface area contributed by atoms with Gasteiger partial charge in [-0.3, -0.25) is 14.0 Å². The molecule has 2 atom stereocenters. The molecule has 0 N–H and O–H groups in total. The fourth-order valence-corrected chi connectivity index (χ4v) is 6.85. The molecule has 2 aliphatic rings. The van der Waals surface area contributed by atoms with Crippen LogP contribution >= 0.6 is 11.3 Å². The summed E-state index contributed by atoms with van der Waals surface area (Å²) >= 11 is 1.49. The van der Waals surface area contributed by atoms with Crippen molar-refractivity contribution in [3.8, 4) is 0 Å². The molecule has 1 amide bonds. The summed E-state index contributed by atoms with van der Waals surface area (Å²) in [5, 5.41) is 0.651. The first-order chi connectivity index (χ1) is 15.3. The van der Waals surface area contributed by atoms with E-state index in [4.69, 9.17) is 9.72 Å². The van der Waals surface area contributed by atoms with E-state index in [1.165, 1.54) is 21.9 Å². The summed E-state index contributed by atoms with van der Waals surface area (Å²) in [4.78, 5) is 20.1. The van der Waals surface area contributed by atoms with E-state index in [1.54, 1.807) is 17.0 Å². The fourth-order valence-electron chi connectivity index (χ4n) is 4.61. The van der Waals surface area contributed by atoms with Crippen LogP contribution in [0.15, 0.2) is 42.5 Å². The minimum atomic E-state index is -3.37. The first kappa shape index (κ1) is 21.4. The highest BCUT2D eigenvalue weighted by atomic mass is 32.2. The Morgan fingerprint density at radius 1 is 1.28 bits per heavy atom. The van der Waals surface area contributed by atoms with Crippen LogP contribution in [0, 0.1) is 0 Å². The molecular formula is C23H25N3O4S2. The molecule has 0 radical (unpaired) electrons. The van der Waals surface area contributed by atoms with Crippen molar-refractivity contribution in [3.05, 3.63) is 53.6 Å². The Bertz CT molecular complexity index is 1250. The summed E-state index contributed by atoms with van der Waals surface area (Å²) in [5.41, 5.74) is 2.92. The lowest BCUT2D eigenvalue weighted by Crippen LogP contribution is -2.37. The molecule has 3 aromatic rings. The van der Waals surface area contributed by atoms with Crippen LogP contribution in [0.5, 0.6) is 0 Å². The van der Waals surface area contributed by atoms with Crippen molar-refractivity contribution in [3.63, 3.8) is 0 Å². The topological polar surface area (TPSA) is 79.8 Å². The van der Waals surface area contributed by atoms with Gasteiger partial charge in [0.25, 0.3) is 5.91 Å². The summed E-state index contributed by atoms with van der Waals surface area (Å²) in [6.45, 7) is 3.04. The predicted molar refractivity (Wildman–Crippen MR) is 127 cm³/mol. The number of thiazole rings is 1. The molecule has 5 rings (SSSR count). The zero-order valence-corrected chi connectivity index (χ0v) is 19.7. The lowest BCUT2D eigenvalue weighted by molar-refractivity contribution is 0.0917. The summed E-state index contributed by atoms with van der Waals surface area (Å²) in [6.07, 6.45) is 3.69. The molecule has 2 aromatic carbocycles. The monoisotopic (exact) mass is 471 g/mol. The number of hydrogen-bond donors (Lipinski definition) is 0. The molecule has 1 aromatic heterocycles. The van der Waals surface area contributed by atoms with Crippen LogP contribution in [0.3, 0.4) is 0 Å². The van der Waals surface area contributed by atoms with Gasteiger partial charge in [0.15, 0.2) is 5.13 Å². The van der Waals surface area contributed by atoms with E-state index in [0.717, 1.165) is 28.6 Å². The van der Waals surface area contributed by atoms with Crippen LogP contribution in [0.1, 0.15) is 35.7 Å². The Kier molecular flexibility index (Phi) is 5.43. The first-order valence-electron chi connectivity index (χ1n) is 10.7. The maximum atomic E-state index is 13.7. The minimum Gasteiger partial charge on any atom is -0.376 e. The number of benzene rings is 2. The van der Waals surface area contributed by atoms with Crippen molar-refractivity contribution in [2.75, 3.05) is 28.6 Å². The molecule has 0 saturated carbocycles. The third-order valence-corrected chi connectivity index (χ3v) is 8.34. The second-order valence-electron chi connectivity index (χ2n) is 8.47. The Hall–Kier alpha value is -2.49. The molecule has 7 nitrogen and oxygen atoms in total. The van der Waals surface area contributed by atoms with Gasteiger partial charge in [-0.15, -0.1) is 0 Å². The van der Waals surface area contributed by atoms with Crippen molar-refractivity contribution >= 4 is 48.3 Å². The number of carbonyl (C=O) groups is 1. The number of amides is 1. The number of hydrogen-bond acceptors (Lipinski definition) is 6. The molecular weight excluding hydrogens is 446 g/mol. The van der Waals surface area contributed by atoms with Gasteiger partial charge in [0.1, 0.15) is 0 Å². The molecule has 2 aliphatic heterocycles. The van der Waals surface area contributed by atoms with E-state index >= 15 is 0 Å². The summed E-state index contributed by atoms with van der Waals surface area (Å²) in [7, 11) is -3.37. The van der Waals surface area contributed by atoms with Crippen molar-refractivity contribution < 1.29 is 17.9 Å². The van der Waals surface area contributed by atoms with E-state index in [-0.39, 0.29) is 18.1 Å². The second kappa shape index (κ2) is 8.13. The van der Waals surface area contributed by atoms with Crippen LogP contribution in [0.25, 0.3) is 10.2 Å². The number of nitrogens with zero attached hydrogens (tertiary/aromatic N) is 3. The largest absolute Gasteiger partial charge is 0.376 e. The van der Waals surface area contributed by atoms with E-state index in [1.807, 2.05) is 37.3 Å². The minimum absolute atomic E-state index is 0.0128. The van der Waals surface area contributed by atoms with E-state index in [9.17, 15) is 13.2 Å². The predicted octanol–water partition coefficient (Wildman–Crippen LogP) is 3.83. The first-order valence-corrected chi connectivity index (χ1v) is 13.4. The van der Waals surface area contributed by atoms with Gasteiger partial charge in [-0.25, -0.2) is 13.4 Å². The van der Waals surface area contributed by atoms with Crippen LogP contribution in [-0.2, 0) is 21.2 Å². The van der Waals surface area contributed by atoms with E-state index in [0.29, 0.717) is 36.0 Å². The number of para-hydroxylation sites is 1. The molecule has 3 heterocycles. The normalized spacial score (nSPS) is 20.6. The smallest absolute Gasteiger partial charge is 0.260 e. The van der Waals surface area contributed by atoms with Crippen molar-refractivity contribution in [2.24, 2.45) is 0 Å². The van der Waals surface area contributed by atoms with Crippen LogP contribution in [0.4, 0.5) is 10.8 Å². The van der Waals surface area contributed by atoms with Gasteiger partial charge >= 0.3 is 0 Å². The van der Waals surface area contributed by atoms with Crippen LogP contribution in [0.2, 0.25) is 0 Å². The number of anilines is 2. The van der Waals surface area contributed by atoms with Gasteiger partial charge in [0.2, 0.25) is 10.0 Å². The van der Waals surface area contributed by atoms with Gasteiger partial charge in [-0.2, -0.15) is 0 Å². The van der Waals surface area contributed by atoms with Gasteiger partial charge in [0.05, 0.1) is 34.8 Å². The number of fused-ring (bicyclic) bond motifs is 2. The van der Waals surface area contributed by atoms with Crippen molar-refractivity contribution in [2.45, 2.75) is 38.3 Å². The highest BCUT2D eigenvalue weighted by Gasteiger charge is 2.34. The standard InChI is InChI=1S/C23H25N3O4S2/c1-15-12-17-13-16(9-10-20(17)26(15)32(2,28)29)22(27)25(14-18-6-5-11-30-18)23-24-19-7-3-4-8-21(19)31-23/h3-4,7-10,13,15,18H,5-6,11-12,14H2,1-2H3/t15-,18+/m0/s1. The number of rotatable bonds is 5. The maximum Gasteiger partial charge on any atom is 0.260 e. The second-order valence-corrected chi connectivity index (χ2v) is 11.3. The maximum absolute atomic E-state index is 13.7. The Morgan fingerprint density at radius 2 is 2.09 bits per heavy atom. The van der Waals surface area contributed by atoms with Crippen LogP contribution in [-0.4, -0.2) is 50.9 Å². The number of aromatic nitrogens is 1. The zero-order chi connectivity index (χ0) is 22.5. The van der Waals surface area contributed by atoms with E-state index < -0.39 is 10.0 Å². The Labute approximate surface area is 191 Å². The Balaban J connectivity index is 1.51. The van der Waals surface area contributed by atoms with Crippen LogP contribution < -0.4 is 9.21 Å². The average Bonchev–Trinajstić information content (AvgIpc) is 3.47. The fraction of sp³-hybridized carbons (Fsp3) is 0.391. The molecule has 1 saturated heterocycles. The molecule has 0 unspecified atom stereocenters. The lowest BCUT2D eigenvalue weighted by atomic mass is 10.1. The molecule has 1 fully saturated rings. The van der Waals surface area contributed by atoms with Gasteiger partial charge in [0, 0.05) is 18.2 Å². The molecule has 9 heteroatoms. The SMILES string of the molecule is C[C@H]1Cc2cc(C(=O)N(C[C@H]3CCCO3)c3nc4ccccc4s3)ccc2N1S(C)(=O)=O. The van der Waals surface area contributed by atoms with Gasteiger partial charge in [-0.1, -0.05) is 23.5 Å². The highest BCUT2D eigenvalue weighted by molar-refractivity contribution is 7.92. The van der Waals surface area contributed by atoms with Gasteiger partial charge < -0.3 is 4.74 Å². The zero-order valence-electron chi connectivity index (χ0n) is 18.0. The molecule has 168 valence electrons. The number of ether oxygens (including phenoxy) is 1. The lowest BCUT2D eigenvalue weighted by Gasteiger charge is -2.24. The van der Waals surface area contributed by atoms with Gasteiger partial charge in [-0.05, 0) is 62.1 Å². The third kappa shape index (κ3) is 3.89. The van der Waals surface area contributed by atoms with Crippen molar-refractivity contribution in [1.82, 2.24) is 4.98 Å². The highest BCUT2D eigenvalue weighted by Crippen LogP contribution is 2.36. The molecule has 0 aliphatic carbocycles. The summed E-state index contributed by atoms with van der Waals surface area (Å²) in [5.74, 6) is -0.146. The molecule has 32 heavy (non-hydrogen) atoms. The quantitative estimate of drug-likeness (QED) is 0.565. The van der Waals surface area contributed by atoms with Crippen molar-refractivity contribution in [1.29, 1.82) is 0 Å². The molecule has 0 spiro atoms. The third-order valence-electron chi connectivity index (χ3n) is 6.01. The molecule has 0 bridgehead atoms.